The van der Waals surface area contributed by atoms with Crippen LogP contribution in [0, 0.1) is 0 Å². The smallest absolute Gasteiger partial charge is 0.223 e. The van der Waals surface area contributed by atoms with Gasteiger partial charge in [0.2, 0.25) is 5.91 Å². The molecule has 1 aliphatic carbocycles. The maximum atomic E-state index is 11.0. The van der Waals surface area contributed by atoms with Crippen LogP contribution in [0.25, 0.3) is 0 Å². The number of anilines is 1. The number of amides is 1. The molecule has 2 aromatic heterocycles. The van der Waals surface area contributed by atoms with Crippen LogP contribution in [0.3, 0.4) is 0 Å². The van der Waals surface area contributed by atoms with Crippen molar-refractivity contribution >= 4 is 22.4 Å². The van der Waals surface area contributed by atoms with Crippen molar-refractivity contribution in [1.82, 2.24) is 9.97 Å². The fourth-order valence-electron chi connectivity index (χ4n) is 2.25. The number of nitrogens with one attached hydrogen (secondary N) is 1. The molecule has 0 bridgehead atoms. The highest BCUT2D eigenvalue weighted by Gasteiger charge is 2.44. The van der Waals surface area contributed by atoms with Crippen LogP contribution in [-0.2, 0) is 10.2 Å². The van der Waals surface area contributed by atoms with Gasteiger partial charge in [-0.2, -0.15) is 0 Å². The van der Waals surface area contributed by atoms with E-state index in [1.165, 1.54) is 23.1 Å². The number of hydrogen-bond donors (Lipinski definition) is 1. The summed E-state index contributed by atoms with van der Waals surface area (Å²) in [7, 11) is 0. The van der Waals surface area contributed by atoms with Crippen LogP contribution in [0.15, 0.2) is 16.8 Å². The third kappa shape index (κ3) is 3.00. The first-order valence-electron chi connectivity index (χ1n) is 7.04. The molecule has 6 heteroatoms. The van der Waals surface area contributed by atoms with Crippen molar-refractivity contribution in [2.24, 2.45) is 0 Å². The number of aromatic nitrogens is 2. The number of oxazole rings is 1. The fraction of sp³-hybridized carbons (Fsp3) is 0.533. The van der Waals surface area contributed by atoms with Gasteiger partial charge in [-0.1, -0.05) is 20.8 Å². The largest absolute Gasteiger partial charge is 0.445 e. The second-order valence-electron chi connectivity index (χ2n) is 6.51. The minimum Gasteiger partial charge on any atom is -0.445 e. The van der Waals surface area contributed by atoms with Crippen LogP contribution >= 0.6 is 11.3 Å². The standard InChI is InChI=1S/C15H19N3O2S/c1-8(19)18-14-17-6-11(21-14)9-5-10(9)13-16-7-12(20-13)15(2,3)4/h6-7,9-10H,5H2,1-4H3,(H,17,18,19)/t9-,10-/m1/s1. The van der Waals surface area contributed by atoms with E-state index in [2.05, 4.69) is 36.1 Å². The first-order chi connectivity index (χ1) is 9.84. The molecule has 0 aromatic carbocycles. The van der Waals surface area contributed by atoms with Crippen LogP contribution in [0.1, 0.15) is 62.5 Å². The monoisotopic (exact) mass is 305 g/mol. The lowest BCUT2D eigenvalue weighted by Crippen LogP contribution is -2.09. The summed E-state index contributed by atoms with van der Waals surface area (Å²) in [6.07, 6.45) is 4.71. The predicted octanol–water partition coefficient (Wildman–Crippen LogP) is 3.66. The Morgan fingerprint density at radius 2 is 2.10 bits per heavy atom. The average Bonchev–Trinajstić information content (AvgIpc) is 2.83. The maximum absolute atomic E-state index is 11.0. The number of rotatable bonds is 3. The van der Waals surface area contributed by atoms with Gasteiger partial charge in [0.25, 0.3) is 0 Å². The molecule has 0 unspecified atom stereocenters. The Morgan fingerprint density at radius 1 is 1.33 bits per heavy atom. The van der Waals surface area contributed by atoms with Crippen molar-refractivity contribution < 1.29 is 9.21 Å². The number of thiazole rings is 1. The predicted molar refractivity (Wildman–Crippen MR) is 81.7 cm³/mol. The number of carbonyl (C=O) groups excluding carboxylic acids is 1. The summed E-state index contributed by atoms with van der Waals surface area (Å²) in [5.41, 5.74) is -0.0152. The maximum Gasteiger partial charge on any atom is 0.223 e. The van der Waals surface area contributed by atoms with Crippen LogP contribution in [0.2, 0.25) is 0 Å². The summed E-state index contributed by atoms with van der Waals surface area (Å²) in [6, 6.07) is 0. The lowest BCUT2D eigenvalue weighted by Gasteiger charge is -2.13. The third-order valence-corrected chi connectivity index (χ3v) is 4.59. The Labute approximate surface area is 127 Å². The first kappa shape index (κ1) is 14.3. The summed E-state index contributed by atoms with van der Waals surface area (Å²) >= 11 is 1.53. The van der Waals surface area contributed by atoms with Gasteiger partial charge in [0.05, 0.1) is 6.20 Å². The highest BCUT2D eigenvalue weighted by Crippen LogP contribution is 2.56. The molecule has 0 spiro atoms. The Bertz CT molecular complexity index is 669. The van der Waals surface area contributed by atoms with Gasteiger partial charge in [0, 0.05) is 35.2 Å². The molecular weight excluding hydrogens is 286 g/mol. The molecule has 0 aliphatic heterocycles. The third-order valence-electron chi connectivity index (χ3n) is 3.54. The summed E-state index contributed by atoms with van der Waals surface area (Å²) in [5, 5.41) is 3.37. The van der Waals surface area contributed by atoms with E-state index in [1.54, 1.807) is 0 Å². The van der Waals surface area contributed by atoms with Crippen molar-refractivity contribution in [2.45, 2.75) is 51.4 Å². The summed E-state index contributed by atoms with van der Waals surface area (Å²) < 4.78 is 5.90. The van der Waals surface area contributed by atoms with Gasteiger partial charge in [-0.25, -0.2) is 9.97 Å². The molecule has 2 atom stereocenters. The molecule has 0 radical (unpaired) electrons. The van der Waals surface area contributed by atoms with Gasteiger partial charge in [0.1, 0.15) is 5.76 Å². The molecular formula is C15H19N3O2S. The van der Waals surface area contributed by atoms with E-state index < -0.39 is 0 Å². The number of nitrogens with zero attached hydrogens (tertiary/aromatic N) is 2. The molecule has 112 valence electrons. The van der Waals surface area contributed by atoms with Gasteiger partial charge in [0.15, 0.2) is 11.0 Å². The average molecular weight is 305 g/mol. The van der Waals surface area contributed by atoms with Crippen LogP contribution in [0.5, 0.6) is 0 Å². The van der Waals surface area contributed by atoms with E-state index in [0.29, 0.717) is 17.0 Å². The lowest BCUT2D eigenvalue weighted by atomic mass is 9.94. The zero-order valence-electron chi connectivity index (χ0n) is 12.6. The van der Waals surface area contributed by atoms with Gasteiger partial charge < -0.3 is 9.73 Å². The number of carbonyl (C=O) groups is 1. The molecule has 2 heterocycles. The number of hydrogen-bond acceptors (Lipinski definition) is 5. The van der Waals surface area contributed by atoms with Crippen molar-refractivity contribution in [3.8, 4) is 0 Å². The second-order valence-corrected chi connectivity index (χ2v) is 7.57. The zero-order chi connectivity index (χ0) is 15.2. The topological polar surface area (TPSA) is 68.0 Å². The van der Waals surface area contributed by atoms with Gasteiger partial charge in [-0.3, -0.25) is 4.79 Å². The molecule has 21 heavy (non-hydrogen) atoms. The molecule has 1 saturated carbocycles. The highest BCUT2D eigenvalue weighted by atomic mass is 32.1. The van der Waals surface area contributed by atoms with Crippen molar-refractivity contribution in [2.75, 3.05) is 5.32 Å². The van der Waals surface area contributed by atoms with Gasteiger partial charge >= 0.3 is 0 Å². The van der Waals surface area contributed by atoms with E-state index in [0.717, 1.165) is 18.1 Å². The minimum atomic E-state index is -0.0919. The normalized spacial score (nSPS) is 21.3. The fourth-order valence-corrected chi connectivity index (χ4v) is 3.30. The first-order valence-corrected chi connectivity index (χ1v) is 7.86. The van der Waals surface area contributed by atoms with E-state index >= 15 is 0 Å². The molecule has 0 saturated heterocycles. The van der Waals surface area contributed by atoms with Gasteiger partial charge in [-0.15, -0.1) is 11.3 Å². The van der Waals surface area contributed by atoms with Crippen LogP contribution in [-0.4, -0.2) is 15.9 Å². The molecule has 1 N–H and O–H groups in total. The Morgan fingerprint density at radius 3 is 2.71 bits per heavy atom. The molecule has 1 aliphatic rings. The van der Waals surface area contributed by atoms with Crippen molar-refractivity contribution in [3.63, 3.8) is 0 Å². The Hall–Kier alpha value is -1.69. The van der Waals surface area contributed by atoms with Crippen LogP contribution < -0.4 is 5.32 Å². The summed E-state index contributed by atoms with van der Waals surface area (Å²) in [4.78, 5) is 20.8. The summed E-state index contributed by atoms with van der Waals surface area (Å²) in [5.74, 6) is 2.40. The van der Waals surface area contributed by atoms with E-state index in [1.807, 2.05) is 12.4 Å². The lowest BCUT2D eigenvalue weighted by molar-refractivity contribution is -0.114. The Kier molecular flexibility index (Phi) is 3.36. The SMILES string of the molecule is CC(=O)Nc1ncc([C@@H]2C[C@H]2c2ncc(C(C)(C)C)o2)s1. The Balaban J connectivity index is 1.70. The molecule has 1 amide bonds. The molecule has 5 nitrogen and oxygen atoms in total. The van der Waals surface area contributed by atoms with Gasteiger partial charge in [-0.05, 0) is 6.42 Å². The van der Waals surface area contributed by atoms with E-state index in [-0.39, 0.29) is 11.3 Å². The quantitative estimate of drug-likeness (QED) is 0.939. The molecule has 1 fully saturated rings. The van der Waals surface area contributed by atoms with Crippen LogP contribution in [0.4, 0.5) is 5.13 Å². The highest BCUT2D eigenvalue weighted by molar-refractivity contribution is 7.15. The van der Waals surface area contributed by atoms with E-state index in [9.17, 15) is 4.79 Å². The van der Waals surface area contributed by atoms with Crippen molar-refractivity contribution in [1.29, 1.82) is 0 Å². The van der Waals surface area contributed by atoms with Crippen molar-refractivity contribution in [3.05, 3.63) is 28.9 Å². The van der Waals surface area contributed by atoms with E-state index in [4.69, 9.17) is 4.42 Å². The zero-order valence-corrected chi connectivity index (χ0v) is 13.5. The summed E-state index contributed by atoms with van der Waals surface area (Å²) in [6.45, 7) is 7.83. The molecule has 2 aromatic rings. The molecule has 3 rings (SSSR count). The minimum absolute atomic E-state index is 0.0152. The second kappa shape index (κ2) is 4.94.